The van der Waals surface area contributed by atoms with E-state index in [4.69, 9.17) is 0 Å². The number of benzene rings is 1. The predicted octanol–water partition coefficient (Wildman–Crippen LogP) is 2.39. The number of fused-ring (bicyclic) bond motifs is 1. The van der Waals surface area contributed by atoms with Gasteiger partial charge in [0.05, 0.1) is 0 Å². The van der Waals surface area contributed by atoms with Crippen LogP contribution < -0.4 is 14.8 Å². The second-order valence-electron chi connectivity index (χ2n) is 2.94. The molecule has 15 heavy (non-hydrogen) atoms. The Morgan fingerprint density at radius 2 is 1.93 bits per heavy atom. The average Bonchev–Trinajstić information content (AvgIpc) is 2.47. The number of rotatable bonds is 3. The van der Waals surface area contributed by atoms with Gasteiger partial charge in [-0.3, -0.25) is 0 Å². The molecule has 1 N–H and O–H groups in total. The Bertz CT molecular complexity index is 370. The SMILES string of the molecule is FCCNc1ccc2c(c1)OC(F)(F)O2. The van der Waals surface area contributed by atoms with Crippen LogP contribution in [0.2, 0.25) is 0 Å². The molecule has 1 aliphatic heterocycles. The molecule has 0 aliphatic carbocycles. The Kier molecular flexibility index (Phi) is 2.34. The van der Waals surface area contributed by atoms with Gasteiger partial charge in [-0.05, 0) is 12.1 Å². The van der Waals surface area contributed by atoms with Crippen LogP contribution in [0, 0.1) is 0 Å². The average molecular weight is 219 g/mol. The summed E-state index contributed by atoms with van der Waals surface area (Å²) in [6.07, 6.45) is -3.61. The molecule has 0 fully saturated rings. The molecule has 0 amide bonds. The molecule has 1 aromatic carbocycles. The molecular formula is C9H8F3NO2. The van der Waals surface area contributed by atoms with E-state index in [-0.39, 0.29) is 18.0 Å². The van der Waals surface area contributed by atoms with Gasteiger partial charge in [0.15, 0.2) is 11.5 Å². The minimum absolute atomic E-state index is 0.0224. The standard InChI is InChI=1S/C9H8F3NO2/c10-3-4-13-6-1-2-7-8(5-6)15-9(11,12)14-7/h1-2,5,13H,3-4H2. The van der Waals surface area contributed by atoms with Crippen molar-refractivity contribution in [1.29, 1.82) is 0 Å². The van der Waals surface area contributed by atoms with Crippen molar-refractivity contribution >= 4 is 5.69 Å². The van der Waals surface area contributed by atoms with Crippen LogP contribution in [0.25, 0.3) is 0 Å². The lowest BCUT2D eigenvalue weighted by Gasteiger charge is -2.04. The summed E-state index contributed by atoms with van der Waals surface area (Å²) in [5.74, 6) is -0.0744. The monoisotopic (exact) mass is 219 g/mol. The lowest BCUT2D eigenvalue weighted by atomic mass is 10.3. The summed E-state index contributed by atoms with van der Waals surface area (Å²) in [7, 11) is 0. The second kappa shape index (κ2) is 3.52. The van der Waals surface area contributed by atoms with E-state index in [0.29, 0.717) is 5.69 Å². The third-order valence-corrected chi connectivity index (χ3v) is 1.82. The third kappa shape index (κ3) is 2.08. The molecule has 0 saturated heterocycles. The maximum Gasteiger partial charge on any atom is 0.586 e. The van der Waals surface area contributed by atoms with Gasteiger partial charge in [-0.2, -0.15) is 0 Å². The molecule has 1 aromatic rings. The highest BCUT2D eigenvalue weighted by Crippen LogP contribution is 2.42. The van der Waals surface area contributed by atoms with Gasteiger partial charge in [-0.25, -0.2) is 4.39 Å². The summed E-state index contributed by atoms with van der Waals surface area (Å²) in [5.41, 5.74) is 0.507. The lowest BCUT2D eigenvalue weighted by Crippen LogP contribution is -2.25. The first-order valence-corrected chi connectivity index (χ1v) is 4.30. The molecule has 2 rings (SSSR count). The third-order valence-electron chi connectivity index (χ3n) is 1.82. The first kappa shape index (κ1) is 9.95. The van der Waals surface area contributed by atoms with Crippen molar-refractivity contribution in [2.24, 2.45) is 0 Å². The molecule has 0 unspecified atom stereocenters. The van der Waals surface area contributed by atoms with Crippen molar-refractivity contribution in [3.8, 4) is 11.5 Å². The first-order valence-electron chi connectivity index (χ1n) is 4.30. The molecule has 0 saturated carbocycles. The summed E-state index contributed by atoms with van der Waals surface area (Å²) in [4.78, 5) is 0. The summed E-state index contributed by atoms with van der Waals surface area (Å²) >= 11 is 0. The molecule has 6 heteroatoms. The van der Waals surface area contributed by atoms with Crippen molar-refractivity contribution in [1.82, 2.24) is 0 Å². The quantitative estimate of drug-likeness (QED) is 0.846. The van der Waals surface area contributed by atoms with Crippen molar-refractivity contribution < 1.29 is 22.6 Å². The fourth-order valence-electron chi connectivity index (χ4n) is 1.25. The topological polar surface area (TPSA) is 30.5 Å². The fraction of sp³-hybridized carbons (Fsp3) is 0.333. The van der Waals surface area contributed by atoms with Gasteiger partial charge in [0, 0.05) is 18.3 Å². The molecule has 0 spiro atoms. The van der Waals surface area contributed by atoms with Crippen molar-refractivity contribution in [3.05, 3.63) is 18.2 Å². The minimum Gasteiger partial charge on any atom is -0.395 e. The summed E-state index contributed by atoms with van der Waals surface area (Å²) in [5, 5.41) is 2.70. The molecule has 1 aliphatic rings. The van der Waals surface area contributed by atoms with E-state index in [1.807, 2.05) is 0 Å². The number of hydrogen-bond donors (Lipinski definition) is 1. The normalized spacial score (nSPS) is 16.5. The van der Waals surface area contributed by atoms with Gasteiger partial charge in [0.1, 0.15) is 6.67 Å². The van der Waals surface area contributed by atoms with E-state index in [1.54, 1.807) is 0 Å². The molecule has 0 atom stereocenters. The van der Waals surface area contributed by atoms with E-state index < -0.39 is 13.0 Å². The number of hydrogen-bond acceptors (Lipinski definition) is 3. The summed E-state index contributed by atoms with van der Waals surface area (Å²) < 4.78 is 45.5. The zero-order chi connectivity index (χ0) is 10.9. The van der Waals surface area contributed by atoms with Crippen molar-refractivity contribution in [3.63, 3.8) is 0 Å². The van der Waals surface area contributed by atoms with Gasteiger partial charge in [-0.15, -0.1) is 8.78 Å². The van der Waals surface area contributed by atoms with Crippen LogP contribution in [0.15, 0.2) is 18.2 Å². The van der Waals surface area contributed by atoms with E-state index in [1.165, 1.54) is 18.2 Å². The van der Waals surface area contributed by atoms with Crippen molar-refractivity contribution in [2.75, 3.05) is 18.5 Å². The lowest BCUT2D eigenvalue weighted by molar-refractivity contribution is -0.286. The Labute approximate surface area is 83.8 Å². The molecule has 1 heterocycles. The van der Waals surface area contributed by atoms with Crippen LogP contribution in [0.4, 0.5) is 18.9 Å². The minimum atomic E-state index is -3.61. The zero-order valence-electron chi connectivity index (χ0n) is 7.60. The van der Waals surface area contributed by atoms with Crippen LogP contribution in [0.5, 0.6) is 11.5 Å². The zero-order valence-corrected chi connectivity index (χ0v) is 7.60. The highest BCUT2D eigenvalue weighted by Gasteiger charge is 2.43. The Balaban J connectivity index is 2.15. The Morgan fingerprint density at radius 1 is 1.20 bits per heavy atom. The van der Waals surface area contributed by atoms with Crippen molar-refractivity contribution in [2.45, 2.75) is 6.29 Å². The number of ether oxygens (including phenoxy) is 2. The van der Waals surface area contributed by atoms with Crippen LogP contribution in [0.1, 0.15) is 0 Å². The summed E-state index contributed by atoms with van der Waals surface area (Å²) in [6, 6.07) is 4.20. The number of halogens is 3. The van der Waals surface area contributed by atoms with Crippen LogP contribution in [-0.2, 0) is 0 Å². The Hall–Kier alpha value is -1.59. The van der Waals surface area contributed by atoms with Crippen LogP contribution in [-0.4, -0.2) is 19.5 Å². The van der Waals surface area contributed by atoms with Gasteiger partial charge in [0.2, 0.25) is 0 Å². The maximum atomic E-state index is 12.6. The van der Waals surface area contributed by atoms with E-state index in [9.17, 15) is 13.2 Å². The smallest absolute Gasteiger partial charge is 0.395 e. The number of anilines is 1. The second-order valence-corrected chi connectivity index (χ2v) is 2.94. The maximum absolute atomic E-state index is 12.6. The molecule has 0 aromatic heterocycles. The van der Waals surface area contributed by atoms with E-state index in [0.717, 1.165) is 0 Å². The molecule has 82 valence electrons. The van der Waals surface area contributed by atoms with Gasteiger partial charge < -0.3 is 14.8 Å². The molecular weight excluding hydrogens is 211 g/mol. The highest BCUT2D eigenvalue weighted by atomic mass is 19.3. The summed E-state index contributed by atoms with van der Waals surface area (Å²) in [6.45, 7) is -0.416. The molecule has 0 radical (unpaired) electrons. The number of nitrogens with one attached hydrogen (secondary N) is 1. The van der Waals surface area contributed by atoms with Gasteiger partial charge in [-0.1, -0.05) is 0 Å². The highest BCUT2D eigenvalue weighted by molar-refractivity contribution is 5.55. The largest absolute Gasteiger partial charge is 0.586 e. The fourth-order valence-corrected chi connectivity index (χ4v) is 1.25. The Morgan fingerprint density at radius 3 is 2.67 bits per heavy atom. The molecule has 0 bridgehead atoms. The van der Waals surface area contributed by atoms with Gasteiger partial charge in [0.25, 0.3) is 0 Å². The van der Waals surface area contributed by atoms with Crippen LogP contribution in [0.3, 0.4) is 0 Å². The molecule has 3 nitrogen and oxygen atoms in total. The van der Waals surface area contributed by atoms with Crippen LogP contribution >= 0.6 is 0 Å². The predicted molar refractivity (Wildman–Crippen MR) is 47.1 cm³/mol. The van der Waals surface area contributed by atoms with E-state index in [2.05, 4.69) is 14.8 Å². The van der Waals surface area contributed by atoms with E-state index >= 15 is 0 Å². The first-order chi connectivity index (χ1) is 7.11. The number of alkyl halides is 3. The van der Waals surface area contributed by atoms with Gasteiger partial charge >= 0.3 is 6.29 Å².